The Balaban J connectivity index is 1.36. The summed E-state index contributed by atoms with van der Waals surface area (Å²) in [4.78, 5) is 5.09. The summed E-state index contributed by atoms with van der Waals surface area (Å²) >= 11 is 0. The van der Waals surface area contributed by atoms with E-state index in [1.54, 1.807) is 0 Å². The Bertz CT molecular complexity index is 1930. The number of aliphatic imine (C=N–C) groups is 1. The maximum absolute atomic E-state index is 5.09. The van der Waals surface area contributed by atoms with Gasteiger partial charge in [0.05, 0.1) is 5.70 Å². The van der Waals surface area contributed by atoms with Crippen molar-refractivity contribution in [1.82, 2.24) is 0 Å². The average Bonchev–Trinajstić information content (AvgIpc) is 3.19. The lowest BCUT2D eigenvalue weighted by atomic mass is 9.79. The molecule has 0 saturated heterocycles. The van der Waals surface area contributed by atoms with Crippen LogP contribution in [-0.4, -0.2) is 5.71 Å². The molecule has 1 nitrogen and oxygen atoms in total. The summed E-state index contributed by atoms with van der Waals surface area (Å²) in [7, 11) is 0. The smallest absolute Gasteiger partial charge is 0.0633 e. The largest absolute Gasteiger partial charge is 0.253 e. The van der Waals surface area contributed by atoms with Crippen LogP contribution in [0.5, 0.6) is 0 Å². The highest BCUT2D eigenvalue weighted by molar-refractivity contribution is 6.25. The Labute approximate surface area is 223 Å². The highest BCUT2D eigenvalue weighted by Crippen LogP contribution is 2.50. The Kier molecular flexibility index (Phi) is 4.93. The second kappa shape index (κ2) is 8.26. The van der Waals surface area contributed by atoms with Gasteiger partial charge in [-0.05, 0) is 67.6 Å². The molecule has 0 N–H and O–H groups in total. The molecule has 6 aromatic rings. The van der Waals surface area contributed by atoms with Crippen LogP contribution in [0.25, 0.3) is 49.1 Å². The number of rotatable bonds is 3. The third-order valence-electron chi connectivity index (χ3n) is 8.35. The molecule has 0 aromatic heterocycles. The molecule has 38 heavy (non-hydrogen) atoms. The molecule has 0 aliphatic heterocycles. The molecule has 0 atom stereocenters. The molecule has 0 fully saturated rings. The van der Waals surface area contributed by atoms with Crippen LogP contribution in [0.4, 0.5) is 0 Å². The second-order valence-corrected chi connectivity index (χ2v) is 10.9. The number of nitrogens with zero attached hydrogens (tertiary/aromatic N) is 1. The Morgan fingerprint density at radius 1 is 0.605 bits per heavy atom. The van der Waals surface area contributed by atoms with Gasteiger partial charge in [0.25, 0.3) is 0 Å². The predicted molar refractivity (Wildman–Crippen MR) is 164 cm³/mol. The van der Waals surface area contributed by atoms with Crippen molar-refractivity contribution < 1.29 is 0 Å². The molecular weight excluding hydrogens is 458 g/mol. The molecule has 182 valence electrons. The number of benzene rings is 6. The van der Waals surface area contributed by atoms with Gasteiger partial charge in [-0.15, -0.1) is 0 Å². The zero-order valence-corrected chi connectivity index (χ0v) is 22.0. The van der Waals surface area contributed by atoms with Gasteiger partial charge < -0.3 is 0 Å². The first-order valence-electron chi connectivity index (χ1n) is 13.3. The summed E-state index contributed by atoms with van der Waals surface area (Å²) in [5, 5.41) is 7.61. The van der Waals surface area contributed by atoms with Gasteiger partial charge in [0.1, 0.15) is 0 Å². The zero-order chi connectivity index (χ0) is 26.0. The number of fused-ring (bicyclic) bond motifs is 9. The van der Waals surface area contributed by atoms with E-state index in [-0.39, 0.29) is 5.41 Å². The van der Waals surface area contributed by atoms with E-state index in [0.717, 1.165) is 17.0 Å². The summed E-state index contributed by atoms with van der Waals surface area (Å²) in [6.45, 7) is 11.2. The van der Waals surface area contributed by atoms with Crippen molar-refractivity contribution in [3.63, 3.8) is 0 Å². The minimum absolute atomic E-state index is 0.0798. The maximum atomic E-state index is 5.09. The first-order valence-corrected chi connectivity index (χ1v) is 13.3. The summed E-state index contributed by atoms with van der Waals surface area (Å²) < 4.78 is 0. The van der Waals surface area contributed by atoms with E-state index in [0.29, 0.717) is 0 Å². The molecule has 0 spiro atoms. The van der Waals surface area contributed by atoms with Crippen LogP contribution < -0.4 is 0 Å². The van der Waals surface area contributed by atoms with Crippen LogP contribution in [0, 0.1) is 0 Å². The molecule has 0 amide bonds. The molecule has 0 bridgehead atoms. The molecule has 6 aromatic carbocycles. The first kappa shape index (κ1) is 22.7. The average molecular weight is 488 g/mol. The molecule has 1 heteroatoms. The van der Waals surface area contributed by atoms with Crippen molar-refractivity contribution in [2.45, 2.75) is 26.2 Å². The van der Waals surface area contributed by atoms with Crippen molar-refractivity contribution in [3.8, 4) is 11.1 Å². The fourth-order valence-corrected chi connectivity index (χ4v) is 6.56. The van der Waals surface area contributed by atoms with E-state index < -0.39 is 0 Å². The Morgan fingerprint density at radius 2 is 1.16 bits per heavy atom. The van der Waals surface area contributed by atoms with Gasteiger partial charge >= 0.3 is 0 Å². The van der Waals surface area contributed by atoms with E-state index in [2.05, 4.69) is 137 Å². The predicted octanol–water partition coefficient (Wildman–Crippen LogP) is 9.93. The van der Waals surface area contributed by atoms with Crippen LogP contribution in [0.15, 0.2) is 121 Å². The van der Waals surface area contributed by atoms with Crippen molar-refractivity contribution in [3.05, 3.63) is 138 Å². The second-order valence-electron chi connectivity index (χ2n) is 10.9. The first-order chi connectivity index (χ1) is 18.4. The van der Waals surface area contributed by atoms with Crippen LogP contribution in [0.2, 0.25) is 0 Å². The zero-order valence-electron chi connectivity index (χ0n) is 22.0. The van der Waals surface area contributed by atoms with E-state index in [4.69, 9.17) is 4.99 Å². The lowest BCUT2D eigenvalue weighted by Crippen LogP contribution is -2.18. The summed E-state index contributed by atoms with van der Waals surface area (Å²) in [6.07, 6.45) is 0. The number of hydrogen-bond donors (Lipinski definition) is 0. The van der Waals surface area contributed by atoms with Crippen LogP contribution in [0.3, 0.4) is 0 Å². The van der Waals surface area contributed by atoms with E-state index in [1.807, 2.05) is 0 Å². The number of hydrogen-bond acceptors (Lipinski definition) is 1. The highest BCUT2D eigenvalue weighted by Gasteiger charge is 2.37. The van der Waals surface area contributed by atoms with Gasteiger partial charge in [0, 0.05) is 22.3 Å². The van der Waals surface area contributed by atoms with Crippen LogP contribution in [-0.2, 0) is 5.41 Å². The fraction of sp³-hybridized carbons (Fsp3) is 0.108. The van der Waals surface area contributed by atoms with Gasteiger partial charge in [-0.3, -0.25) is 4.99 Å². The van der Waals surface area contributed by atoms with Crippen molar-refractivity contribution in [2.75, 3.05) is 0 Å². The highest BCUT2D eigenvalue weighted by atomic mass is 14.8. The van der Waals surface area contributed by atoms with Crippen LogP contribution in [0.1, 0.15) is 43.0 Å². The van der Waals surface area contributed by atoms with E-state index in [1.165, 1.54) is 60.1 Å². The van der Waals surface area contributed by atoms with Gasteiger partial charge in [0.2, 0.25) is 0 Å². The van der Waals surface area contributed by atoms with Gasteiger partial charge in [-0.2, -0.15) is 0 Å². The monoisotopic (exact) mass is 487 g/mol. The molecule has 1 aliphatic rings. The minimum Gasteiger partial charge on any atom is -0.253 e. The van der Waals surface area contributed by atoms with Gasteiger partial charge in [0.15, 0.2) is 0 Å². The summed E-state index contributed by atoms with van der Waals surface area (Å²) in [6, 6.07) is 39.4. The SMILES string of the molecule is C=C(N=C(C)c1cccc2c1C(C)(C)c1ccccc1-2)c1ccc2c3ccccc3c3ccccc3c2c1. The van der Waals surface area contributed by atoms with E-state index in [9.17, 15) is 0 Å². The van der Waals surface area contributed by atoms with Crippen molar-refractivity contribution in [2.24, 2.45) is 4.99 Å². The quantitative estimate of drug-likeness (QED) is 0.174. The molecule has 0 saturated carbocycles. The Morgan fingerprint density at radius 3 is 1.84 bits per heavy atom. The normalized spacial score (nSPS) is 14.1. The standard InChI is InChI=1S/C37H29N/c1-23(38-24(2)26-17-11-18-33-32-16-9-10-19-35(32)37(3,4)36(26)33)25-20-21-31-29-14-6-5-12-27(29)28-13-7-8-15-30(28)34(31)22-25/h5-22H,1H2,2-4H3. The lowest BCUT2D eigenvalue weighted by molar-refractivity contribution is 0.659. The molecule has 1 aliphatic carbocycles. The van der Waals surface area contributed by atoms with Gasteiger partial charge in [-0.1, -0.05) is 124 Å². The maximum Gasteiger partial charge on any atom is 0.0633 e. The third kappa shape index (κ3) is 3.22. The molecule has 0 radical (unpaired) electrons. The topological polar surface area (TPSA) is 12.4 Å². The summed E-state index contributed by atoms with van der Waals surface area (Å²) in [5.74, 6) is 0. The molecular formula is C37H29N. The molecule has 0 unspecified atom stereocenters. The fourth-order valence-electron chi connectivity index (χ4n) is 6.56. The third-order valence-corrected chi connectivity index (χ3v) is 8.35. The summed E-state index contributed by atoms with van der Waals surface area (Å²) in [5.41, 5.74) is 9.32. The van der Waals surface area contributed by atoms with E-state index >= 15 is 0 Å². The molecule has 7 rings (SSSR count). The van der Waals surface area contributed by atoms with Gasteiger partial charge in [-0.25, -0.2) is 0 Å². The Hall–Kier alpha value is -4.49. The molecule has 0 heterocycles. The van der Waals surface area contributed by atoms with Crippen LogP contribution >= 0.6 is 0 Å². The minimum atomic E-state index is -0.0798. The lowest BCUT2D eigenvalue weighted by Gasteiger charge is -2.24. The van der Waals surface area contributed by atoms with Crippen molar-refractivity contribution >= 4 is 43.7 Å². The van der Waals surface area contributed by atoms with Crippen molar-refractivity contribution in [1.29, 1.82) is 0 Å².